The Morgan fingerprint density at radius 2 is 1.69 bits per heavy atom. The number of benzene rings is 2. The van der Waals surface area contributed by atoms with Crippen molar-refractivity contribution in [3.05, 3.63) is 70.8 Å². The van der Waals surface area contributed by atoms with E-state index in [0.717, 1.165) is 24.1 Å². The van der Waals surface area contributed by atoms with E-state index in [-0.39, 0.29) is 36.4 Å². The van der Waals surface area contributed by atoms with Crippen LogP contribution in [0.5, 0.6) is 0 Å². The highest BCUT2D eigenvalue weighted by Crippen LogP contribution is 2.33. The molecule has 0 aromatic heterocycles. The van der Waals surface area contributed by atoms with Gasteiger partial charge in [-0.05, 0) is 75.3 Å². The average Bonchev–Trinajstić information content (AvgIpc) is 3.46. The van der Waals surface area contributed by atoms with Gasteiger partial charge in [0.15, 0.2) is 0 Å². The standard InChI is InChI=1S/C35H44F3N5O5/c1-24-17-26(20-28(18-24)35(36,37)38)23-48-34(47)42-21-27(19-25-9-3-2-4-10-25)32(45)43-29(11-5-6-13-39)33(46)41(22-30(42)43)16-8-15-40-14-7-12-31(40)44/h2-4,9-10,17-18,20,27,29-30H,5-8,11-16,19,21-23,39H2,1H3/t27-,29+,30-/m1/s1. The fraction of sp³-hybridized carbons (Fsp3) is 0.543. The number of nitrogens with zero attached hydrogens (tertiary/aromatic N) is 4. The van der Waals surface area contributed by atoms with Crippen molar-refractivity contribution < 1.29 is 37.1 Å². The number of fused-ring (bicyclic) bond motifs is 1. The molecule has 0 saturated carbocycles. The molecule has 2 aromatic rings. The fourth-order valence-corrected chi connectivity index (χ4v) is 7.03. The maximum absolute atomic E-state index is 14.2. The van der Waals surface area contributed by atoms with Crippen molar-refractivity contribution in [2.45, 2.75) is 76.9 Å². The van der Waals surface area contributed by atoms with Crippen LogP contribution < -0.4 is 5.73 Å². The van der Waals surface area contributed by atoms with Crippen molar-refractivity contribution in [3.63, 3.8) is 0 Å². The topological polar surface area (TPSA) is 116 Å². The number of ether oxygens (including phenoxy) is 1. The van der Waals surface area contributed by atoms with Gasteiger partial charge in [0.25, 0.3) is 0 Å². The zero-order valence-electron chi connectivity index (χ0n) is 27.3. The van der Waals surface area contributed by atoms with E-state index in [9.17, 15) is 32.3 Å². The molecule has 0 radical (unpaired) electrons. The fourth-order valence-electron chi connectivity index (χ4n) is 7.03. The second kappa shape index (κ2) is 15.4. The largest absolute Gasteiger partial charge is 0.444 e. The van der Waals surface area contributed by atoms with Gasteiger partial charge < -0.3 is 25.2 Å². The van der Waals surface area contributed by atoms with E-state index >= 15 is 0 Å². The Bertz CT molecular complexity index is 1470. The van der Waals surface area contributed by atoms with Gasteiger partial charge in [0.2, 0.25) is 17.7 Å². The molecule has 10 nitrogen and oxygen atoms in total. The minimum atomic E-state index is -4.55. The summed E-state index contributed by atoms with van der Waals surface area (Å²) in [6.07, 6.45) is -2.33. The molecule has 3 saturated heterocycles. The highest BCUT2D eigenvalue weighted by atomic mass is 19.4. The first-order valence-corrected chi connectivity index (χ1v) is 16.7. The number of hydrogen-bond acceptors (Lipinski definition) is 6. The summed E-state index contributed by atoms with van der Waals surface area (Å²) >= 11 is 0. The van der Waals surface area contributed by atoms with Gasteiger partial charge in [0.1, 0.15) is 18.8 Å². The van der Waals surface area contributed by atoms with Gasteiger partial charge in [-0.15, -0.1) is 0 Å². The van der Waals surface area contributed by atoms with Crippen LogP contribution in [0.1, 0.15) is 60.8 Å². The molecule has 13 heteroatoms. The Kier molecular flexibility index (Phi) is 11.3. The van der Waals surface area contributed by atoms with Crippen LogP contribution in [0, 0.1) is 12.8 Å². The predicted molar refractivity (Wildman–Crippen MR) is 171 cm³/mol. The van der Waals surface area contributed by atoms with Gasteiger partial charge in [-0.3, -0.25) is 19.3 Å². The molecule has 0 aliphatic carbocycles. The van der Waals surface area contributed by atoms with Gasteiger partial charge >= 0.3 is 12.3 Å². The summed E-state index contributed by atoms with van der Waals surface area (Å²) in [5.74, 6) is -1.00. The number of alkyl halides is 3. The zero-order chi connectivity index (χ0) is 34.4. The number of amides is 4. The molecule has 4 amide bonds. The lowest BCUT2D eigenvalue weighted by molar-refractivity contribution is -0.173. The first-order valence-electron chi connectivity index (χ1n) is 16.7. The molecule has 5 rings (SSSR count). The zero-order valence-corrected chi connectivity index (χ0v) is 27.3. The number of aryl methyl sites for hydroxylation is 1. The predicted octanol–water partition coefficient (Wildman–Crippen LogP) is 4.33. The van der Waals surface area contributed by atoms with E-state index < -0.39 is 42.6 Å². The number of carbonyl (C=O) groups excluding carboxylic acids is 4. The number of likely N-dealkylation sites (tertiary alicyclic amines) is 1. The normalized spacial score (nSPS) is 21.6. The maximum atomic E-state index is 14.2. The third-order valence-corrected chi connectivity index (χ3v) is 9.36. The second-order valence-electron chi connectivity index (χ2n) is 12.9. The summed E-state index contributed by atoms with van der Waals surface area (Å²) in [4.78, 5) is 60.6. The smallest absolute Gasteiger partial charge is 0.416 e. The van der Waals surface area contributed by atoms with Crippen molar-refractivity contribution in [3.8, 4) is 0 Å². The Morgan fingerprint density at radius 3 is 2.38 bits per heavy atom. The van der Waals surface area contributed by atoms with Crippen LogP contribution in [0.25, 0.3) is 0 Å². The number of carbonyl (C=O) groups is 4. The van der Waals surface area contributed by atoms with Crippen molar-refractivity contribution in [1.82, 2.24) is 19.6 Å². The maximum Gasteiger partial charge on any atom is 0.416 e. The summed E-state index contributed by atoms with van der Waals surface area (Å²) in [6.45, 7) is 3.20. The quantitative estimate of drug-likeness (QED) is 0.336. The van der Waals surface area contributed by atoms with Crippen LogP contribution in [0.4, 0.5) is 18.0 Å². The highest BCUT2D eigenvalue weighted by Gasteiger charge is 2.51. The number of nitrogens with two attached hydrogens (primary N) is 1. The van der Waals surface area contributed by atoms with Gasteiger partial charge in [0.05, 0.1) is 18.0 Å². The minimum absolute atomic E-state index is 0.0230. The molecule has 0 unspecified atom stereocenters. The first-order chi connectivity index (χ1) is 23.0. The van der Waals surface area contributed by atoms with E-state index in [2.05, 4.69) is 0 Å². The molecule has 2 aromatic carbocycles. The highest BCUT2D eigenvalue weighted by molar-refractivity contribution is 5.91. The SMILES string of the molecule is Cc1cc(COC(=O)N2C[C@@H](Cc3ccccc3)C(=O)N3[C@@H]2CN(CCCN2CCCC2=O)C(=O)[C@@H]3CCCCN)cc(C(F)(F)F)c1. The summed E-state index contributed by atoms with van der Waals surface area (Å²) in [5, 5.41) is 0. The monoisotopic (exact) mass is 671 g/mol. The Hall–Kier alpha value is -4.13. The van der Waals surface area contributed by atoms with E-state index in [0.29, 0.717) is 70.3 Å². The van der Waals surface area contributed by atoms with Crippen molar-refractivity contribution >= 4 is 23.8 Å². The third-order valence-electron chi connectivity index (χ3n) is 9.36. The lowest BCUT2D eigenvalue weighted by atomic mass is 9.90. The Labute approximate surface area is 279 Å². The molecule has 0 spiro atoms. The average molecular weight is 672 g/mol. The molecule has 260 valence electrons. The number of hydrogen-bond donors (Lipinski definition) is 1. The molecule has 0 bridgehead atoms. The summed E-state index contributed by atoms with van der Waals surface area (Å²) < 4.78 is 46.1. The van der Waals surface area contributed by atoms with Crippen LogP contribution >= 0.6 is 0 Å². The molecular formula is C35H44F3N5O5. The van der Waals surface area contributed by atoms with Crippen molar-refractivity contribution in [2.24, 2.45) is 11.7 Å². The van der Waals surface area contributed by atoms with Gasteiger partial charge in [-0.2, -0.15) is 13.2 Å². The van der Waals surface area contributed by atoms with E-state index in [1.807, 2.05) is 30.3 Å². The van der Waals surface area contributed by atoms with Gasteiger partial charge in [0, 0.05) is 32.6 Å². The molecule has 3 heterocycles. The first kappa shape index (κ1) is 35.2. The number of halogens is 3. The Morgan fingerprint density at radius 1 is 0.938 bits per heavy atom. The van der Waals surface area contributed by atoms with E-state index in [4.69, 9.17) is 10.5 Å². The van der Waals surface area contributed by atoms with E-state index in [1.165, 1.54) is 15.9 Å². The summed E-state index contributed by atoms with van der Waals surface area (Å²) in [5.41, 5.74) is 6.39. The van der Waals surface area contributed by atoms with Crippen LogP contribution in [0.3, 0.4) is 0 Å². The Balaban J connectivity index is 1.41. The van der Waals surface area contributed by atoms with Gasteiger partial charge in [-0.1, -0.05) is 42.0 Å². The number of rotatable bonds is 12. The third kappa shape index (κ3) is 8.29. The molecule has 48 heavy (non-hydrogen) atoms. The lowest BCUT2D eigenvalue weighted by Gasteiger charge is -2.53. The van der Waals surface area contributed by atoms with Crippen molar-refractivity contribution in [1.29, 1.82) is 0 Å². The number of piperazine rings is 1. The molecule has 2 N–H and O–H groups in total. The van der Waals surface area contributed by atoms with Crippen LogP contribution in [-0.2, 0) is 38.3 Å². The molecule has 3 atom stereocenters. The second-order valence-corrected chi connectivity index (χ2v) is 12.9. The molecule has 3 fully saturated rings. The van der Waals surface area contributed by atoms with E-state index in [1.54, 1.807) is 16.7 Å². The van der Waals surface area contributed by atoms with Crippen LogP contribution in [0.2, 0.25) is 0 Å². The minimum Gasteiger partial charge on any atom is -0.444 e. The van der Waals surface area contributed by atoms with Gasteiger partial charge in [-0.25, -0.2) is 4.79 Å². The van der Waals surface area contributed by atoms with Crippen molar-refractivity contribution in [2.75, 3.05) is 39.3 Å². The lowest BCUT2D eigenvalue weighted by Crippen LogP contribution is -2.73. The summed E-state index contributed by atoms with van der Waals surface area (Å²) in [6, 6.07) is 12.1. The van der Waals surface area contributed by atoms with Crippen LogP contribution in [0.15, 0.2) is 48.5 Å². The summed E-state index contributed by atoms with van der Waals surface area (Å²) in [7, 11) is 0. The molecular weight excluding hydrogens is 627 g/mol. The molecule has 3 aliphatic rings. The number of unbranched alkanes of at least 4 members (excludes halogenated alkanes) is 1. The molecule has 3 aliphatic heterocycles. The van der Waals surface area contributed by atoms with Crippen LogP contribution in [-0.4, -0.2) is 94.9 Å².